The summed E-state index contributed by atoms with van der Waals surface area (Å²) in [4.78, 5) is 24.7. The molecule has 19 heavy (non-hydrogen) atoms. The predicted molar refractivity (Wildman–Crippen MR) is 75.4 cm³/mol. The quantitative estimate of drug-likeness (QED) is 0.919. The zero-order valence-corrected chi connectivity index (χ0v) is 12.1. The Bertz CT molecular complexity index is 542. The van der Waals surface area contributed by atoms with Crippen LogP contribution in [-0.4, -0.2) is 29.5 Å². The SMILES string of the molecule is CN(Cc1ccccc1Br)C(=O)C1=NNC(=O)CC1. The lowest BCUT2D eigenvalue weighted by atomic mass is 10.1. The van der Waals surface area contributed by atoms with E-state index in [1.807, 2.05) is 24.3 Å². The number of halogens is 1. The van der Waals surface area contributed by atoms with E-state index in [1.54, 1.807) is 11.9 Å². The molecule has 2 rings (SSSR count). The molecule has 0 atom stereocenters. The van der Waals surface area contributed by atoms with Gasteiger partial charge in [0.05, 0.1) is 0 Å². The van der Waals surface area contributed by atoms with Crippen molar-refractivity contribution in [1.82, 2.24) is 10.3 Å². The number of amides is 2. The Kier molecular flexibility index (Phi) is 4.31. The van der Waals surface area contributed by atoms with E-state index in [9.17, 15) is 9.59 Å². The number of rotatable bonds is 3. The first kappa shape index (κ1) is 13.7. The molecular weight excluding hydrogens is 310 g/mol. The topological polar surface area (TPSA) is 61.8 Å². The Labute approximate surface area is 119 Å². The van der Waals surface area contributed by atoms with Gasteiger partial charge in [0, 0.05) is 30.9 Å². The van der Waals surface area contributed by atoms with E-state index in [1.165, 1.54) is 0 Å². The predicted octanol–water partition coefficient (Wildman–Crippen LogP) is 1.67. The van der Waals surface area contributed by atoms with Crippen LogP contribution >= 0.6 is 15.9 Å². The lowest BCUT2D eigenvalue weighted by Gasteiger charge is -2.20. The fraction of sp³-hybridized carbons (Fsp3) is 0.308. The van der Waals surface area contributed by atoms with Crippen LogP contribution in [0.25, 0.3) is 0 Å². The molecule has 5 nitrogen and oxygen atoms in total. The van der Waals surface area contributed by atoms with Crippen LogP contribution in [0.4, 0.5) is 0 Å². The summed E-state index contributed by atoms with van der Waals surface area (Å²) >= 11 is 3.45. The second-order valence-corrected chi connectivity index (χ2v) is 5.20. The molecule has 0 aromatic heterocycles. The van der Waals surface area contributed by atoms with Gasteiger partial charge in [0.25, 0.3) is 5.91 Å². The van der Waals surface area contributed by atoms with Crippen LogP contribution in [0.2, 0.25) is 0 Å². The second kappa shape index (κ2) is 5.97. The lowest BCUT2D eigenvalue weighted by Crippen LogP contribution is -2.37. The molecule has 0 bridgehead atoms. The van der Waals surface area contributed by atoms with Crippen molar-refractivity contribution in [3.63, 3.8) is 0 Å². The van der Waals surface area contributed by atoms with E-state index in [0.717, 1.165) is 10.0 Å². The number of hydrogen-bond donors (Lipinski definition) is 1. The van der Waals surface area contributed by atoms with Crippen LogP contribution in [0, 0.1) is 0 Å². The maximum Gasteiger partial charge on any atom is 0.270 e. The third-order valence-electron chi connectivity index (χ3n) is 2.86. The van der Waals surface area contributed by atoms with Gasteiger partial charge in [-0.1, -0.05) is 34.1 Å². The van der Waals surface area contributed by atoms with Gasteiger partial charge in [-0.15, -0.1) is 0 Å². The van der Waals surface area contributed by atoms with Crippen LogP contribution in [0.1, 0.15) is 18.4 Å². The van der Waals surface area contributed by atoms with E-state index in [4.69, 9.17) is 0 Å². The van der Waals surface area contributed by atoms with Crippen LogP contribution in [0.5, 0.6) is 0 Å². The maximum absolute atomic E-state index is 12.1. The number of nitrogens with one attached hydrogen (secondary N) is 1. The molecule has 2 amide bonds. The Morgan fingerprint density at radius 3 is 2.79 bits per heavy atom. The van der Waals surface area contributed by atoms with Gasteiger partial charge in [-0.05, 0) is 11.6 Å². The molecule has 0 fully saturated rings. The van der Waals surface area contributed by atoms with Crippen molar-refractivity contribution < 1.29 is 9.59 Å². The summed E-state index contributed by atoms with van der Waals surface area (Å²) in [5.74, 6) is -0.305. The highest BCUT2D eigenvalue weighted by Gasteiger charge is 2.21. The van der Waals surface area contributed by atoms with Crippen molar-refractivity contribution in [1.29, 1.82) is 0 Å². The Hall–Kier alpha value is -1.69. The molecule has 1 aromatic carbocycles. The molecule has 1 aliphatic heterocycles. The fourth-order valence-corrected chi connectivity index (χ4v) is 2.21. The third kappa shape index (κ3) is 3.41. The highest BCUT2D eigenvalue weighted by atomic mass is 79.9. The minimum Gasteiger partial charge on any atom is -0.336 e. The number of hydrogen-bond acceptors (Lipinski definition) is 3. The fourth-order valence-electron chi connectivity index (χ4n) is 1.80. The number of carbonyl (C=O) groups is 2. The van der Waals surface area contributed by atoms with Crippen molar-refractivity contribution in [2.24, 2.45) is 5.10 Å². The number of hydrazone groups is 1. The minimum atomic E-state index is -0.157. The Balaban J connectivity index is 2.04. The standard InChI is InChI=1S/C13H14BrN3O2/c1-17(8-9-4-2-3-5-10(9)14)13(19)11-6-7-12(18)16-15-11/h2-5H,6-8H2,1H3,(H,16,18). The Morgan fingerprint density at radius 2 is 2.16 bits per heavy atom. The first-order valence-corrected chi connectivity index (χ1v) is 6.71. The van der Waals surface area contributed by atoms with Crippen LogP contribution < -0.4 is 5.43 Å². The molecule has 1 aliphatic rings. The first-order chi connectivity index (χ1) is 9.08. The van der Waals surface area contributed by atoms with Gasteiger partial charge in [0.2, 0.25) is 5.91 Å². The van der Waals surface area contributed by atoms with Crippen LogP contribution in [0.15, 0.2) is 33.8 Å². The van der Waals surface area contributed by atoms with Gasteiger partial charge < -0.3 is 4.90 Å². The largest absolute Gasteiger partial charge is 0.336 e. The molecule has 0 aliphatic carbocycles. The number of benzene rings is 1. The molecule has 0 saturated carbocycles. The van der Waals surface area contributed by atoms with Crippen LogP contribution in [0.3, 0.4) is 0 Å². The van der Waals surface area contributed by atoms with E-state index >= 15 is 0 Å². The summed E-state index contributed by atoms with van der Waals surface area (Å²) in [6, 6.07) is 7.75. The Morgan fingerprint density at radius 1 is 1.42 bits per heavy atom. The van der Waals surface area contributed by atoms with Crippen molar-refractivity contribution in [3.05, 3.63) is 34.3 Å². The third-order valence-corrected chi connectivity index (χ3v) is 3.64. The van der Waals surface area contributed by atoms with Gasteiger partial charge in [0.1, 0.15) is 5.71 Å². The normalized spacial score (nSPS) is 14.6. The smallest absolute Gasteiger partial charge is 0.270 e. The van der Waals surface area contributed by atoms with E-state index in [-0.39, 0.29) is 11.8 Å². The first-order valence-electron chi connectivity index (χ1n) is 5.92. The van der Waals surface area contributed by atoms with Crippen LogP contribution in [-0.2, 0) is 16.1 Å². The van der Waals surface area contributed by atoms with E-state index < -0.39 is 0 Å². The highest BCUT2D eigenvalue weighted by Crippen LogP contribution is 2.17. The summed E-state index contributed by atoms with van der Waals surface area (Å²) in [6.45, 7) is 0.493. The zero-order valence-electron chi connectivity index (χ0n) is 10.5. The summed E-state index contributed by atoms with van der Waals surface area (Å²) in [5.41, 5.74) is 3.76. The highest BCUT2D eigenvalue weighted by molar-refractivity contribution is 9.10. The molecule has 1 N–H and O–H groups in total. The molecule has 100 valence electrons. The van der Waals surface area contributed by atoms with E-state index in [0.29, 0.717) is 25.1 Å². The van der Waals surface area contributed by atoms with E-state index in [2.05, 4.69) is 26.5 Å². The van der Waals surface area contributed by atoms with Crippen molar-refractivity contribution in [2.75, 3.05) is 7.05 Å². The molecular formula is C13H14BrN3O2. The molecule has 1 aromatic rings. The van der Waals surface area contributed by atoms with Crippen molar-refractivity contribution >= 4 is 33.5 Å². The molecule has 0 unspecified atom stereocenters. The second-order valence-electron chi connectivity index (χ2n) is 4.35. The van der Waals surface area contributed by atoms with Gasteiger partial charge in [-0.3, -0.25) is 9.59 Å². The molecule has 0 saturated heterocycles. The minimum absolute atomic E-state index is 0.148. The molecule has 1 heterocycles. The lowest BCUT2D eigenvalue weighted by molar-refractivity contribution is -0.124. The van der Waals surface area contributed by atoms with Crippen molar-refractivity contribution in [2.45, 2.75) is 19.4 Å². The number of nitrogens with zero attached hydrogens (tertiary/aromatic N) is 2. The zero-order chi connectivity index (χ0) is 13.8. The summed E-state index contributed by atoms with van der Waals surface area (Å²) < 4.78 is 0.966. The van der Waals surface area contributed by atoms with Gasteiger partial charge in [-0.25, -0.2) is 5.43 Å². The van der Waals surface area contributed by atoms with Gasteiger partial charge >= 0.3 is 0 Å². The monoisotopic (exact) mass is 323 g/mol. The average molecular weight is 324 g/mol. The van der Waals surface area contributed by atoms with Gasteiger partial charge in [0.15, 0.2) is 0 Å². The average Bonchev–Trinajstić information content (AvgIpc) is 2.41. The summed E-state index contributed by atoms with van der Waals surface area (Å²) in [7, 11) is 1.72. The molecule has 0 radical (unpaired) electrons. The maximum atomic E-state index is 12.1. The molecule has 6 heteroatoms. The molecule has 0 spiro atoms. The summed E-state index contributed by atoms with van der Waals surface area (Å²) in [5, 5.41) is 3.81. The summed E-state index contributed by atoms with van der Waals surface area (Å²) in [6.07, 6.45) is 0.707. The van der Waals surface area contributed by atoms with Gasteiger partial charge in [-0.2, -0.15) is 5.10 Å². The number of carbonyl (C=O) groups excluding carboxylic acids is 2. The van der Waals surface area contributed by atoms with Crippen molar-refractivity contribution in [3.8, 4) is 0 Å².